The maximum atomic E-state index is 11.7. The lowest BCUT2D eigenvalue weighted by Crippen LogP contribution is -2.27. The molecule has 0 aliphatic carbocycles. The van der Waals surface area contributed by atoms with E-state index in [1.807, 2.05) is 0 Å². The highest BCUT2D eigenvalue weighted by molar-refractivity contribution is 14.1. The minimum Gasteiger partial charge on any atom is -0.296 e. The van der Waals surface area contributed by atoms with E-state index < -0.39 is 13.0 Å². The van der Waals surface area contributed by atoms with Gasteiger partial charge >= 0.3 is 6.36 Å². The lowest BCUT2D eigenvalue weighted by atomic mass is 10.4. The Morgan fingerprint density at radius 2 is 2.19 bits per heavy atom. The van der Waals surface area contributed by atoms with E-state index in [0.29, 0.717) is 9.26 Å². The van der Waals surface area contributed by atoms with Crippen LogP contribution in [0.15, 0.2) is 11.1 Å². The summed E-state index contributed by atoms with van der Waals surface area (Å²) in [5.74, 6) is 0. The first kappa shape index (κ1) is 13.4. The standard InChI is InChI=1S/C8H8F3IN2O2/c1-5-6(12)7(15)14(4-13-5)2-3-16-8(9,10)11/h4H,2-3H2,1H3. The van der Waals surface area contributed by atoms with Crippen LogP contribution >= 0.6 is 22.6 Å². The van der Waals surface area contributed by atoms with E-state index >= 15 is 0 Å². The van der Waals surface area contributed by atoms with Crippen LogP contribution < -0.4 is 5.56 Å². The molecule has 0 unspecified atom stereocenters. The first-order chi connectivity index (χ1) is 7.31. The third-order valence-corrected chi connectivity index (χ3v) is 3.00. The van der Waals surface area contributed by atoms with Crippen LogP contribution in [-0.4, -0.2) is 22.5 Å². The van der Waals surface area contributed by atoms with Crippen molar-refractivity contribution in [3.05, 3.63) is 25.9 Å². The van der Waals surface area contributed by atoms with Crippen LogP contribution in [-0.2, 0) is 11.3 Å². The molecule has 0 amide bonds. The first-order valence-corrected chi connectivity index (χ1v) is 5.31. The average Bonchev–Trinajstić information content (AvgIpc) is 2.16. The van der Waals surface area contributed by atoms with E-state index in [1.54, 1.807) is 29.5 Å². The molecule has 90 valence electrons. The zero-order valence-electron chi connectivity index (χ0n) is 8.21. The molecule has 0 aromatic carbocycles. The molecule has 0 saturated carbocycles. The molecule has 0 aliphatic heterocycles. The first-order valence-electron chi connectivity index (χ1n) is 4.23. The van der Waals surface area contributed by atoms with Crippen LogP contribution in [0.2, 0.25) is 0 Å². The normalized spacial score (nSPS) is 11.8. The van der Waals surface area contributed by atoms with Crippen molar-refractivity contribution in [1.82, 2.24) is 9.55 Å². The molecule has 16 heavy (non-hydrogen) atoms. The fraction of sp³-hybridized carbons (Fsp3) is 0.500. The fourth-order valence-electron chi connectivity index (χ4n) is 0.965. The monoisotopic (exact) mass is 348 g/mol. The predicted molar refractivity (Wildman–Crippen MR) is 58.0 cm³/mol. The number of ether oxygens (including phenoxy) is 1. The highest BCUT2D eigenvalue weighted by Gasteiger charge is 2.28. The summed E-state index contributed by atoms with van der Waals surface area (Å²) >= 11 is 1.80. The SMILES string of the molecule is Cc1ncn(CCOC(F)(F)F)c(=O)c1I. The number of nitrogens with zero attached hydrogens (tertiary/aromatic N) is 2. The second-order valence-corrected chi connectivity index (χ2v) is 4.02. The summed E-state index contributed by atoms with van der Waals surface area (Å²) in [4.78, 5) is 15.4. The zero-order chi connectivity index (χ0) is 12.3. The third-order valence-electron chi connectivity index (χ3n) is 1.75. The van der Waals surface area contributed by atoms with E-state index in [1.165, 1.54) is 6.33 Å². The molecule has 0 spiro atoms. The van der Waals surface area contributed by atoms with Crippen LogP contribution in [0.3, 0.4) is 0 Å². The van der Waals surface area contributed by atoms with Gasteiger partial charge in [0.2, 0.25) is 0 Å². The van der Waals surface area contributed by atoms with Gasteiger partial charge < -0.3 is 0 Å². The van der Waals surface area contributed by atoms with E-state index in [9.17, 15) is 18.0 Å². The number of halogens is 4. The number of hydrogen-bond donors (Lipinski definition) is 0. The molecule has 0 saturated heterocycles. The van der Waals surface area contributed by atoms with Gasteiger partial charge in [0.1, 0.15) is 0 Å². The largest absolute Gasteiger partial charge is 0.522 e. The number of hydrogen-bond acceptors (Lipinski definition) is 3. The Morgan fingerprint density at radius 1 is 1.56 bits per heavy atom. The third kappa shape index (κ3) is 3.74. The molecule has 0 aliphatic rings. The smallest absolute Gasteiger partial charge is 0.296 e. The molecule has 4 nitrogen and oxygen atoms in total. The summed E-state index contributed by atoms with van der Waals surface area (Å²) in [6.45, 7) is 0.867. The van der Waals surface area contributed by atoms with Crippen molar-refractivity contribution >= 4 is 22.6 Å². The van der Waals surface area contributed by atoms with Gasteiger partial charge in [0.15, 0.2) is 0 Å². The van der Waals surface area contributed by atoms with Crippen LogP contribution in [0, 0.1) is 10.5 Å². The molecular formula is C8H8F3IN2O2. The molecule has 1 aromatic heterocycles. The zero-order valence-corrected chi connectivity index (χ0v) is 10.4. The minimum absolute atomic E-state index is 0.179. The molecule has 0 radical (unpaired) electrons. The minimum atomic E-state index is -4.67. The molecule has 0 fully saturated rings. The van der Waals surface area contributed by atoms with Gasteiger partial charge in [0, 0.05) is 0 Å². The van der Waals surface area contributed by atoms with E-state index in [2.05, 4.69) is 9.72 Å². The maximum Gasteiger partial charge on any atom is 0.522 e. The molecule has 8 heteroatoms. The predicted octanol–water partition coefficient (Wildman–Crippen LogP) is 1.69. The Hall–Kier alpha value is -0.640. The van der Waals surface area contributed by atoms with Gasteiger partial charge in [0.05, 0.1) is 28.7 Å². The molecule has 0 atom stereocenters. The van der Waals surface area contributed by atoms with Crippen molar-refractivity contribution in [2.24, 2.45) is 0 Å². The van der Waals surface area contributed by atoms with Crippen molar-refractivity contribution in [1.29, 1.82) is 0 Å². The summed E-state index contributed by atoms with van der Waals surface area (Å²) in [5.41, 5.74) is 0.192. The second kappa shape index (κ2) is 5.13. The molecule has 0 bridgehead atoms. The van der Waals surface area contributed by atoms with Gasteiger partial charge in [-0.1, -0.05) is 0 Å². The van der Waals surface area contributed by atoms with Gasteiger partial charge in [-0.25, -0.2) is 4.98 Å². The molecule has 1 rings (SSSR count). The van der Waals surface area contributed by atoms with Gasteiger partial charge in [0.25, 0.3) is 5.56 Å². The van der Waals surface area contributed by atoms with Crippen molar-refractivity contribution in [2.75, 3.05) is 6.61 Å². The van der Waals surface area contributed by atoms with E-state index in [0.717, 1.165) is 4.57 Å². The van der Waals surface area contributed by atoms with Crippen molar-refractivity contribution in [2.45, 2.75) is 19.8 Å². The van der Waals surface area contributed by atoms with Gasteiger partial charge in [-0.2, -0.15) is 0 Å². The van der Waals surface area contributed by atoms with E-state index in [-0.39, 0.29) is 12.1 Å². The Morgan fingerprint density at radius 3 is 2.75 bits per heavy atom. The topological polar surface area (TPSA) is 44.1 Å². The Balaban J connectivity index is 2.69. The average molecular weight is 348 g/mol. The van der Waals surface area contributed by atoms with Crippen LogP contribution in [0.5, 0.6) is 0 Å². The fourth-order valence-corrected chi connectivity index (χ4v) is 1.41. The summed E-state index contributed by atoms with van der Waals surface area (Å²) in [6.07, 6.45) is -3.46. The Labute approximate surface area is 103 Å². The highest BCUT2D eigenvalue weighted by atomic mass is 127. The van der Waals surface area contributed by atoms with Crippen LogP contribution in [0.1, 0.15) is 5.69 Å². The highest BCUT2D eigenvalue weighted by Crippen LogP contribution is 2.15. The molecule has 1 aromatic rings. The molecular weight excluding hydrogens is 340 g/mol. The lowest BCUT2D eigenvalue weighted by molar-refractivity contribution is -0.325. The van der Waals surface area contributed by atoms with Gasteiger partial charge in [-0.3, -0.25) is 14.1 Å². The Bertz CT molecular complexity index is 430. The number of alkyl halides is 3. The van der Waals surface area contributed by atoms with E-state index in [4.69, 9.17) is 0 Å². The number of aromatic nitrogens is 2. The second-order valence-electron chi connectivity index (χ2n) is 2.94. The number of aryl methyl sites for hydroxylation is 1. The lowest BCUT2D eigenvalue weighted by Gasteiger charge is -2.09. The summed E-state index contributed by atoms with van der Waals surface area (Å²) in [7, 11) is 0. The summed E-state index contributed by atoms with van der Waals surface area (Å²) in [5, 5.41) is 0. The van der Waals surface area contributed by atoms with Crippen LogP contribution in [0.4, 0.5) is 13.2 Å². The number of rotatable bonds is 3. The summed E-state index contributed by atoms with van der Waals surface area (Å²) < 4.78 is 40.1. The Kier molecular flexibility index (Phi) is 4.30. The molecule has 1 heterocycles. The summed E-state index contributed by atoms with van der Waals surface area (Å²) in [6, 6.07) is 0. The molecule has 0 N–H and O–H groups in total. The van der Waals surface area contributed by atoms with Gasteiger partial charge in [-0.05, 0) is 29.5 Å². The van der Waals surface area contributed by atoms with Gasteiger partial charge in [-0.15, -0.1) is 13.2 Å². The quantitative estimate of drug-likeness (QED) is 0.781. The van der Waals surface area contributed by atoms with Crippen molar-refractivity contribution in [3.63, 3.8) is 0 Å². The van der Waals surface area contributed by atoms with Crippen LogP contribution in [0.25, 0.3) is 0 Å². The van der Waals surface area contributed by atoms with Crippen molar-refractivity contribution < 1.29 is 17.9 Å². The maximum absolute atomic E-state index is 11.7. The van der Waals surface area contributed by atoms with Crippen molar-refractivity contribution in [3.8, 4) is 0 Å².